The summed E-state index contributed by atoms with van der Waals surface area (Å²) in [5.74, 6) is -0.434. The highest BCUT2D eigenvalue weighted by molar-refractivity contribution is 7.15. The van der Waals surface area contributed by atoms with E-state index in [1.54, 1.807) is 17.4 Å². The monoisotopic (exact) mass is 454 g/mol. The molecule has 0 spiro atoms. The van der Waals surface area contributed by atoms with Gasteiger partial charge in [0.25, 0.3) is 5.91 Å². The number of hydrogen-bond donors (Lipinski definition) is 1. The number of aromatic nitrogens is 1. The van der Waals surface area contributed by atoms with Crippen LogP contribution in [0.2, 0.25) is 0 Å². The third-order valence-electron chi connectivity index (χ3n) is 6.08. The van der Waals surface area contributed by atoms with Gasteiger partial charge in [-0.1, -0.05) is 6.07 Å². The fourth-order valence-corrected chi connectivity index (χ4v) is 6.07. The number of hydrogen-bond acceptors (Lipinski definition) is 4. The standard InChI is InChI=1S/C27H26N4OS/c1-16-9-17(2)11-22(10-16)30-26(32)21(14-28)13-20-12-18(3)31(19(20)4)27-24(15-29)23-7-5-6-8-25(23)33-27/h9-13H,5-8H2,1-4H3,(H,30,32)/b21-13-. The second-order valence-corrected chi connectivity index (χ2v) is 9.75. The van der Waals surface area contributed by atoms with Crippen LogP contribution < -0.4 is 5.32 Å². The summed E-state index contributed by atoms with van der Waals surface area (Å²) in [7, 11) is 0. The maximum absolute atomic E-state index is 12.8. The molecule has 0 saturated heterocycles. The number of amides is 1. The Balaban J connectivity index is 1.70. The molecule has 0 atom stereocenters. The highest BCUT2D eigenvalue weighted by Crippen LogP contribution is 2.38. The van der Waals surface area contributed by atoms with Gasteiger partial charge in [0.1, 0.15) is 22.7 Å². The lowest BCUT2D eigenvalue weighted by atomic mass is 9.96. The average Bonchev–Trinajstić information content (AvgIpc) is 3.26. The fraction of sp³-hybridized carbons (Fsp3) is 0.296. The summed E-state index contributed by atoms with van der Waals surface area (Å²) < 4.78 is 2.09. The normalized spacial score (nSPS) is 13.2. The Labute approximate surface area is 198 Å². The minimum Gasteiger partial charge on any atom is -0.321 e. The zero-order valence-electron chi connectivity index (χ0n) is 19.4. The van der Waals surface area contributed by atoms with Gasteiger partial charge in [0, 0.05) is 22.0 Å². The van der Waals surface area contributed by atoms with Crippen LogP contribution in [0, 0.1) is 50.4 Å². The van der Waals surface area contributed by atoms with E-state index in [-0.39, 0.29) is 5.57 Å². The molecule has 0 aliphatic heterocycles. The zero-order chi connectivity index (χ0) is 23.7. The van der Waals surface area contributed by atoms with E-state index in [1.165, 1.54) is 10.4 Å². The van der Waals surface area contributed by atoms with Crippen LogP contribution in [0.1, 0.15) is 56.9 Å². The van der Waals surface area contributed by atoms with Gasteiger partial charge < -0.3 is 9.88 Å². The van der Waals surface area contributed by atoms with Gasteiger partial charge in [0.15, 0.2) is 0 Å². The third-order valence-corrected chi connectivity index (χ3v) is 7.36. The molecule has 2 aromatic heterocycles. The van der Waals surface area contributed by atoms with Crippen molar-refractivity contribution in [2.24, 2.45) is 0 Å². The molecule has 0 fully saturated rings. The van der Waals surface area contributed by atoms with Gasteiger partial charge >= 0.3 is 0 Å². The van der Waals surface area contributed by atoms with E-state index in [2.05, 4.69) is 16.0 Å². The van der Waals surface area contributed by atoms with Gasteiger partial charge in [-0.15, -0.1) is 11.3 Å². The van der Waals surface area contributed by atoms with Crippen LogP contribution in [0.3, 0.4) is 0 Å². The van der Waals surface area contributed by atoms with Gasteiger partial charge in [-0.3, -0.25) is 4.79 Å². The van der Waals surface area contributed by atoms with Crippen molar-refractivity contribution in [2.45, 2.75) is 53.4 Å². The van der Waals surface area contributed by atoms with E-state index in [4.69, 9.17) is 0 Å². The Kier molecular flexibility index (Phi) is 6.22. The quantitative estimate of drug-likeness (QED) is 0.384. The fourth-order valence-electron chi connectivity index (χ4n) is 4.62. The van der Waals surface area contributed by atoms with Crippen LogP contribution in [0.15, 0.2) is 29.8 Å². The van der Waals surface area contributed by atoms with E-state index < -0.39 is 5.91 Å². The van der Waals surface area contributed by atoms with E-state index in [9.17, 15) is 15.3 Å². The van der Waals surface area contributed by atoms with E-state index in [0.29, 0.717) is 5.69 Å². The molecule has 1 aliphatic carbocycles. The number of anilines is 1. The molecular weight excluding hydrogens is 428 g/mol. The van der Waals surface area contributed by atoms with Gasteiger partial charge in [-0.05, 0) is 99.9 Å². The second-order valence-electron chi connectivity index (χ2n) is 8.67. The maximum atomic E-state index is 12.8. The lowest BCUT2D eigenvalue weighted by molar-refractivity contribution is -0.112. The van der Waals surface area contributed by atoms with Crippen LogP contribution in [-0.4, -0.2) is 10.5 Å². The summed E-state index contributed by atoms with van der Waals surface area (Å²) in [5, 5.41) is 23.4. The van der Waals surface area contributed by atoms with Gasteiger partial charge in [-0.25, -0.2) is 0 Å². The van der Waals surface area contributed by atoms with Crippen molar-refractivity contribution in [1.29, 1.82) is 10.5 Å². The number of nitriles is 2. The summed E-state index contributed by atoms with van der Waals surface area (Å²) in [6, 6.07) is 12.2. The first-order valence-corrected chi connectivity index (χ1v) is 11.9. The Morgan fingerprint density at radius 3 is 2.42 bits per heavy atom. The molecule has 1 amide bonds. The summed E-state index contributed by atoms with van der Waals surface area (Å²) in [4.78, 5) is 14.1. The Morgan fingerprint density at radius 1 is 1.06 bits per heavy atom. The molecule has 1 aliphatic rings. The first kappa shape index (κ1) is 22.6. The number of carbonyl (C=O) groups is 1. The summed E-state index contributed by atoms with van der Waals surface area (Å²) in [6.45, 7) is 7.90. The molecule has 0 radical (unpaired) electrons. The molecule has 4 rings (SSSR count). The lowest BCUT2D eigenvalue weighted by Gasteiger charge is -2.10. The number of benzene rings is 1. The van der Waals surface area contributed by atoms with Crippen molar-refractivity contribution in [2.75, 3.05) is 5.32 Å². The predicted octanol–water partition coefficient (Wildman–Crippen LogP) is 6.07. The SMILES string of the molecule is Cc1cc(C)cc(NC(=O)/C(C#N)=C\c2cc(C)n(-c3sc4c(c3C#N)CCCC4)c2C)c1. The smallest absolute Gasteiger partial charge is 0.266 e. The Morgan fingerprint density at radius 2 is 1.76 bits per heavy atom. The molecule has 2 heterocycles. The van der Waals surface area contributed by atoms with Crippen molar-refractivity contribution < 1.29 is 4.79 Å². The number of fused-ring (bicyclic) bond motifs is 1. The van der Waals surface area contributed by atoms with Crippen molar-refractivity contribution in [1.82, 2.24) is 4.57 Å². The topological polar surface area (TPSA) is 81.6 Å². The number of nitrogens with one attached hydrogen (secondary N) is 1. The van der Waals surface area contributed by atoms with Gasteiger partial charge in [0.05, 0.1) is 5.56 Å². The minimum absolute atomic E-state index is 0.0420. The second kappa shape index (κ2) is 9.10. The number of nitrogens with zero attached hydrogens (tertiary/aromatic N) is 3. The molecule has 1 aromatic carbocycles. The van der Waals surface area contributed by atoms with Crippen LogP contribution in [0.4, 0.5) is 5.69 Å². The minimum atomic E-state index is -0.434. The number of rotatable bonds is 4. The van der Waals surface area contributed by atoms with Crippen molar-refractivity contribution >= 4 is 29.0 Å². The molecule has 3 aromatic rings. The highest BCUT2D eigenvalue weighted by Gasteiger charge is 2.24. The third kappa shape index (κ3) is 4.35. The number of aryl methyl sites for hydroxylation is 4. The first-order chi connectivity index (χ1) is 15.8. The highest BCUT2D eigenvalue weighted by atomic mass is 32.1. The molecule has 1 N–H and O–H groups in total. The molecule has 33 heavy (non-hydrogen) atoms. The molecule has 0 unspecified atom stereocenters. The number of carbonyl (C=O) groups excluding carboxylic acids is 1. The first-order valence-electron chi connectivity index (χ1n) is 11.1. The van der Waals surface area contributed by atoms with Crippen LogP contribution in [0.5, 0.6) is 0 Å². The molecule has 166 valence electrons. The lowest BCUT2D eigenvalue weighted by Crippen LogP contribution is -2.13. The molecular formula is C27H26N4OS. The maximum Gasteiger partial charge on any atom is 0.266 e. The van der Waals surface area contributed by atoms with Gasteiger partial charge in [-0.2, -0.15) is 10.5 Å². The van der Waals surface area contributed by atoms with Crippen LogP contribution in [-0.2, 0) is 17.6 Å². The average molecular weight is 455 g/mol. The van der Waals surface area contributed by atoms with E-state index >= 15 is 0 Å². The Hall–Kier alpha value is -3.61. The van der Waals surface area contributed by atoms with Gasteiger partial charge in [0.2, 0.25) is 0 Å². The van der Waals surface area contributed by atoms with E-state index in [0.717, 1.165) is 64.3 Å². The summed E-state index contributed by atoms with van der Waals surface area (Å²) in [5.41, 5.74) is 7.45. The van der Waals surface area contributed by atoms with Crippen molar-refractivity contribution in [3.63, 3.8) is 0 Å². The summed E-state index contributed by atoms with van der Waals surface area (Å²) in [6.07, 6.45) is 5.90. The largest absolute Gasteiger partial charge is 0.321 e. The molecule has 6 heteroatoms. The molecule has 0 bridgehead atoms. The van der Waals surface area contributed by atoms with Crippen LogP contribution in [0.25, 0.3) is 11.1 Å². The summed E-state index contributed by atoms with van der Waals surface area (Å²) >= 11 is 1.69. The van der Waals surface area contributed by atoms with E-state index in [1.807, 2.05) is 58.0 Å². The zero-order valence-corrected chi connectivity index (χ0v) is 20.2. The van der Waals surface area contributed by atoms with Crippen molar-refractivity contribution in [3.8, 4) is 17.1 Å². The van der Waals surface area contributed by atoms with Crippen LogP contribution >= 0.6 is 11.3 Å². The van der Waals surface area contributed by atoms with Crippen molar-refractivity contribution in [3.05, 3.63) is 73.9 Å². The molecule has 0 saturated carbocycles. The molecule has 5 nitrogen and oxygen atoms in total. The predicted molar refractivity (Wildman–Crippen MR) is 133 cm³/mol. The Bertz CT molecular complexity index is 1350. The number of thiophene rings is 1.